The van der Waals surface area contributed by atoms with E-state index in [0.29, 0.717) is 17.5 Å². The zero-order chi connectivity index (χ0) is 12.5. The number of thiophene rings is 1. The molecule has 1 saturated carbocycles. The van der Waals surface area contributed by atoms with E-state index in [1.807, 2.05) is 19.2 Å². The van der Waals surface area contributed by atoms with Crippen molar-refractivity contribution in [2.75, 3.05) is 0 Å². The Hall–Kier alpha value is -0.430. The van der Waals surface area contributed by atoms with E-state index in [9.17, 15) is 8.42 Å². The van der Waals surface area contributed by atoms with Gasteiger partial charge in [0.25, 0.3) is 0 Å². The average molecular weight is 274 g/mol. The second-order valence-electron chi connectivity index (χ2n) is 4.64. The van der Waals surface area contributed by atoms with Crippen molar-refractivity contribution in [1.82, 2.24) is 10.0 Å². The van der Waals surface area contributed by atoms with Crippen molar-refractivity contribution < 1.29 is 8.42 Å². The van der Waals surface area contributed by atoms with E-state index in [1.165, 1.54) is 11.3 Å². The molecule has 2 rings (SSSR count). The molecule has 0 radical (unpaired) electrons. The molecule has 17 heavy (non-hydrogen) atoms. The second kappa shape index (κ2) is 5.06. The van der Waals surface area contributed by atoms with Gasteiger partial charge in [-0.05, 0) is 24.3 Å². The van der Waals surface area contributed by atoms with Gasteiger partial charge in [-0.3, -0.25) is 0 Å². The molecule has 0 amide bonds. The van der Waals surface area contributed by atoms with Gasteiger partial charge < -0.3 is 5.32 Å². The van der Waals surface area contributed by atoms with Crippen molar-refractivity contribution in [3.8, 4) is 0 Å². The minimum absolute atomic E-state index is 0.158. The molecule has 1 aromatic rings. The second-order valence-corrected chi connectivity index (χ2v) is 7.32. The molecule has 0 spiro atoms. The standard InChI is InChI=1S/C11H18N2O2S2/c1-8(2)12-7-10-11(5-6-16-10)17(14,15)13-9-3-4-9/h5-6,8-9,12-13H,3-4,7H2,1-2H3. The Bertz CT molecular complexity index is 475. The van der Waals surface area contributed by atoms with Crippen molar-refractivity contribution in [3.05, 3.63) is 16.3 Å². The third-order valence-electron chi connectivity index (χ3n) is 2.56. The van der Waals surface area contributed by atoms with Crippen LogP contribution in [0.5, 0.6) is 0 Å². The molecule has 1 fully saturated rings. The highest BCUT2D eigenvalue weighted by Crippen LogP contribution is 2.26. The monoisotopic (exact) mass is 274 g/mol. The SMILES string of the molecule is CC(C)NCc1sccc1S(=O)(=O)NC1CC1. The first kappa shape index (κ1) is 13.0. The molecule has 0 atom stereocenters. The van der Waals surface area contributed by atoms with Gasteiger partial charge in [-0.1, -0.05) is 13.8 Å². The van der Waals surface area contributed by atoms with E-state index in [0.717, 1.165) is 17.7 Å². The number of hydrogen-bond acceptors (Lipinski definition) is 4. The first-order valence-electron chi connectivity index (χ1n) is 5.81. The molecule has 1 aliphatic carbocycles. The summed E-state index contributed by atoms with van der Waals surface area (Å²) in [5, 5.41) is 5.08. The highest BCUT2D eigenvalue weighted by Gasteiger charge is 2.29. The lowest BCUT2D eigenvalue weighted by Crippen LogP contribution is -2.27. The molecule has 96 valence electrons. The highest BCUT2D eigenvalue weighted by atomic mass is 32.2. The first-order valence-corrected chi connectivity index (χ1v) is 8.17. The van der Waals surface area contributed by atoms with Crippen LogP contribution in [-0.4, -0.2) is 20.5 Å². The number of nitrogens with one attached hydrogen (secondary N) is 2. The van der Waals surface area contributed by atoms with E-state index >= 15 is 0 Å². The largest absolute Gasteiger partial charge is 0.310 e. The summed E-state index contributed by atoms with van der Waals surface area (Å²) >= 11 is 1.48. The van der Waals surface area contributed by atoms with Gasteiger partial charge in [0.15, 0.2) is 0 Å². The summed E-state index contributed by atoms with van der Waals surface area (Å²) in [7, 11) is -3.31. The summed E-state index contributed by atoms with van der Waals surface area (Å²) in [6.45, 7) is 4.70. The summed E-state index contributed by atoms with van der Waals surface area (Å²) in [6, 6.07) is 2.20. The van der Waals surface area contributed by atoms with Crippen LogP contribution in [-0.2, 0) is 16.6 Å². The topological polar surface area (TPSA) is 58.2 Å². The molecule has 4 nitrogen and oxygen atoms in total. The Kier molecular flexibility index (Phi) is 3.87. The minimum atomic E-state index is -3.31. The maximum atomic E-state index is 12.1. The summed E-state index contributed by atoms with van der Waals surface area (Å²) in [5.41, 5.74) is 0. The fraction of sp³-hybridized carbons (Fsp3) is 0.636. The van der Waals surface area contributed by atoms with Crippen LogP contribution in [0.1, 0.15) is 31.6 Å². The van der Waals surface area contributed by atoms with Crippen LogP contribution < -0.4 is 10.0 Å². The summed E-state index contributed by atoms with van der Waals surface area (Å²) in [4.78, 5) is 1.31. The molecular weight excluding hydrogens is 256 g/mol. The van der Waals surface area contributed by atoms with Crippen molar-refractivity contribution in [1.29, 1.82) is 0 Å². The van der Waals surface area contributed by atoms with Crippen LogP contribution in [0.2, 0.25) is 0 Å². The smallest absolute Gasteiger partial charge is 0.241 e. The zero-order valence-corrected chi connectivity index (χ0v) is 11.7. The van der Waals surface area contributed by atoms with Gasteiger partial charge in [0, 0.05) is 23.5 Å². The zero-order valence-electron chi connectivity index (χ0n) is 10.1. The molecule has 0 bridgehead atoms. The van der Waals surface area contributed by atoms with Gasteiger partial charge in [0.05, 0.1) is 4.90 Å². The molecular formula is C11H18N2O2S2. The molecule has 0 aliphatic heterocycles. The van der Waals surface area contributed by atoms with Crippen LogP contribution in [0.4, 0.5) is 0 Å². The van der Waals surface area contributed by atoms with E-state index in [-0.39, 0.29) is 6.04 Å². The third kappa shape index (κ3) is 3.51. The lowest BCUT2D eigenvalue weighted by molar-refractivity contribution is 0.571. The van der Waals surface area contributed by atoms with Crippen LogP contribution in [0.25, 0.3) is 0 Å². The van der Waals surface area contributed by atoms with Crippen molar-refractivity contribution in [2.24, 2.45) is 0 Å². The van der Waals surface area contributed by atoms with Crippen LogP contribution in [0, 0.1) is 0 Å². The minimum Gasteiger partial charge on any atom is -0.310 e. The van der Waals surface area contributed by atoms with Gasteiger partial charge in [-0.25, -0.2) is 13.1 Å². The summed E-state index contributed by atoms with van der Waals surface area (Å²) < 4.78 is 26.9. The van der Waals surface area contributed by atoms with Crippen LogP contribution in [0.15, 0.2) is 16.3 Å². The van der Waals surface area contributed by atoms with Crippen LogP contribution >= 0.6 is 11.3 Å². The van der Waals surface area contributed by atoms with Crippen molar-refractivity contribution in [3.63, 3.8) is 0 Å². The molecule has 1 aromatic heterocycles. The van der Waals surface area contributed by atoms with E-state index < -0.39 is 10.0 Å². The molecule has 6 heteroatoms. The molecule has 0 aromatic carbocycles. The number of rotatable bonds is 6. The van der Waals surface area contributed by atoms with Crippen molar-refractivity contribution in [2.45, 2.75) is 50.2 Å². The lowest BCUT2D eigenvalue weighted by atomic mass is 10.4. The van der Waals surface area contributed by atoms with Crippen molar-refractivity contribution >= 4 is 21.4 Å². The Labute approximate surface area is 106 Å². The molecule has 0 unspecified atom stereocenters. The van der Waals surface area contributed by atoms with Gasteiger partial charge >= 0.3 is 0 Å². The van der Waals surface area contributed by atoms with Gasteiger partial charge in [0.2, 0.25) is 10.0 Å². The normalized spacial score (nSPS) is 16.6. The predicted molar refractivity (Wildman–Crippen MR) is 69.6 cm³/mol. The Morgan fingerprint density at radius 2 is 2.18 bits per heavy atom. The Balaban J connectivity index is 2.11. The third-order valence-corrected chi connectivity index (χ3v) is 5.22. The van der Waals surface area contributed by atoms with Crippen LogP contribution in [0.3, 0.4) is 0 Å². The molecule has 1 heterocycles. The molecule has 2 N–H and O–H groups in total. The lowest BCUT2D eigenvalue weighted by Gasteiger charge is -2.09. The van der Waals surface area contributed by atoms with E-state index in [2.05, 4.69) is 10.0 Å². The summed E-state index contributed by atoms with van der Waals surface area (Å²) in [5.74, 6) is 0. The molecule has 1 aliphatic rings. The van der Waals surface area contributed by atoms with Gasteiger partial charge in [0.1, 0.15) is 0 Å². The maximum absolute atomic E-state index is 12.1. The predicted octanol–water partition coefficient (Wildman–Crippen LogP) is 1.69. The Morgan fingerprint density at radius 3 is 2.76 bits per heavy atom. The van der Waals surface area contributed by atoms with E-state index in [4.69, 9.17) is 0 Å². The fourth-order valence-electron chi connectivity index (χ4n) is 1.48. The molecule has 0 saturated heterocycles. The number of sulfonamides is 1. The number of hydrogen-bond donors (Lipinski definition) is 2. The first-order chi connectivity index (χ1) is 7.99. The van der Waals surface area contributed by atoms with E-state index in [1.54, 1.807) is 6.07 Å². The maximum Gasteiger partial charge on any atom is 0.241 e. The highest BCUT2D eigenvalue weighted by molar-refractivity contribution is 7.89. The quantitative estimate of drug-likeness (QED) is 0.830. The fourth-order valence-corrected chi connectivity index (χ4v) is 4.18. The summed E-state index contributed by atoms with van der Waals surface area (Å²) in [6.07, 6.45) is 1.92. The van der Waals surface area contributed by atoms with Gasteiger partial charge in [-0.15, -0.1) is 11.3 Å². The van der Waals surface area contributed by atoms with Gasteiger partial charge in [-0.2, -0.15) is 0 Å². The Morgan fingerprint density at radius 1 is 1.47 bits per heavy atom. The average Bonchev–Trinajstić information content (AvgIpc) is 2.90.